The first-order valence-electron chi connectivity index (χ1n) is 17.7. The number of aromatic nitrogens is 1. The van der Waals surface area contributed by atoms with Gasteiger partial charge in [-0.1, -0.05) is 48.5 Å². The van der Waals surface area contributed by atoms with Gasteiger partial charge in [-0.3, -0.25) is 0 Å². The number of ether oxygens (including phenoxy) is 4. The summed E-state index contributed by atoms with van der Waals surface area (Å²) >= 11 is 0. The van der Waals surface area contributed by atoms with Crippen molar-refractivity contribution in [1.29, 1.82) is 0 Å². The van der Waals surface area contributed by atoms with Crippen LogP contribution in [0.15, 0.2) is 146 Å². The van der Waals surface area contributed by atoms with Crippen molar-refractivity contribution in [2.45, 2.75) is 25.7 Å². The molecule has 7 aromatic rings. The fourth-order valence-corrected chi connectivity index (χ4v) is 6.88. The number of para-hydroxylation sites is 2. The van der Waals surface area contributed by atoms with Gasteiger partial charge in [-0.25, -0.2) is 0 Å². The molecule has 2 fully saturated rings. The lowest BCUT2D eigenvalue weighted by Crippen LogP contribution is -2.11. The lowest BCUT2D eigenvalue weighted by atomic mass is 10.1. The molecule has 0 amide bonds. The number of aryl methyl sites for hydroxylation is 1. The van der Waals surface area contributed by atoms with E-state index in [0.717, 1.165) is 65.4 Å². The highest BCUT2D eigenvalue weighted by atomic mass is 16.6. The highest BCUT2D eigenvalue weighted by molar-refractivity contribution is 6.11. The summed E-state index contributed by atoms with van der Waals surface area (Å²) in [6.45, 7) is 5.73. The largest absolute Gasteiger partial charge is 0.491 e. The maximum Gasteiger partial charge on any atom is 0.121 e. The van der Waals surface area contributed by atoms with Gasteiger partial charge in [0.1, 0.15) is 36.9 Å². The zero-order valence-corrected chi connectivity index (χ0v) is 28.5. The summed E-state index contributed by atoms with van der Waals surface area (Å²) in [4.78, 5) is 4.60. The molecule has 51 heavy (non-hydrogen) atoms. The molecule has 7 nitrogen and oxygen atoms in total. The SMILES string of the molecule is CCn1c2ccc(N(c3ccccc3)c3cccc(OCC4CO4)c3)cc2c2cc(N(c3ccccc3)c3cccc(OCC4CO4)c3)ccc21. The average Bonchev–Trinajstić information content (AvgIpc) is 4.13. The van der Waals surface area contributed by atoms with Crippen molar-refractivity contribution in [2.75, 3.05) is 36.2 Å². The van der Waals surface area contributed by atoms with E-state index in [4.69, 9.17) is 18.9 Å². The molecule has 0 N–H and O–H groups in total. The van der Waals surface area contributed by atoms with Crippen molar-refractivity contribution in [1.82, 2.24) is 4.57 Å². The number of anilines is 6. The van der Waals surface area contributed by atoms with Gasteiger partial charge < -0.3 is 33.3 Å². The number of benzene rings is 6. The molecule has 2 saturated heterocycles. The summed E-state index contributed by atoms with van der Waals surface area (Å²) in [6, 6.07) is 51.3. The van der Waals surface area contributed by atoms with E-state index in [0.29, 0.717) is 13.2 Å². The van der Waals surface area contributed by atoms with Crippen LogP contribution in [0.25, 0.3) is 21.8 Å². The molecule has 3 heterocycles. The Kier molecular flexibility index (Phi) is 8.28. The van der Waals surface area contributed by atoms with Gasteiger partial charge in [-0.15, -0.1) is 0 Å². The number of hydrogen-bond donors (Lipinski definition) is 0. The van der Waals surface area contributed by atoms with E-state index < -0.39 is 0 Å². The minimum absolute atomic E-state index is 0.194. The monoisotopic (exact) mass is 673 g/mol. The Morgan fingerprint density at radius 3 is 1.33 bits per heavy atom. The van der Waals surface area contributed by atoms with E-state index in [9.17, 15) is 0 Å². The molecule has 0 saturated carbocycles. The van der Waals surface area contributed by atoms with Crippen LogP contribution in [0, 0.1) is 0 Å². The number of nitrogens with zero attached hydrogens (tertiary/aromatic N) is 3. The van der Waals surface area contributed by atoms with Crippen LogP contribution in [0.5, 0.6) is 11.5 Å². The Labute approximate surface area is 297 Å². The Hall–Kier alpha value is -5.76. The second kappa shape index (κ2) is 13.5. The zero-order chi connectivity index (χ0) is 34.1. The van der Waals surface area contributed by atoms with Crippen LogP contribution in [0.3, 0.4) is 0 Å². The second-order valence-corrected chi connectivity index (χ2v) is 13.0. The molecule has 0 spiro atoms. The summed E-state index contributed by atoms with van der Waals surface area (Å²) in [5.41, 5.74) is 8.75. The fourth-order valence-electron chi connectivity index (χ4n) is 6.88. The molecule has 1 aromatic heterocycles. The molecule has 2 aliphatic heterocycles. The highest BCUT2D eigenvalue weighted by Crippen LogP contribution is 2.42. The van der Waals surface area contributed by atoms with Crippen LogP contribution in [-0.2, 0) is 16.0 Å². The normalized spacial score (nSPS) is 16.3. The van der Waals surface area contributed by atoms with Gasteiger partial charge in [0.25, 0.3) is 0 Å². The van der Waals surface area contributed by atoms with Crippen LogP contribution < -0.4 is 19.3 Å². The van der Waals surface area contributed by atoms with Crippen molar-refractivity contribution in [3.63, 3.8) is 0 Å². The van der Waals surface area contributed by atoms with E-state index in [1.54, 1.807) is 0 Å². The second-order valence-electron chi connectivity index (χ2n) is 13.0. The quantitative estimate of drug-likeness (QED) is 0.114. The topological polar surface area (TPSA) is 54.9 Å². The minimum atomic E-state index is 0.194. The predicted octanol–water partition coefficient (Wildman–Crippen LogP) is 10.3. The smallest absolute Gasteiger partial charge is 0.121 e. The summed E-state index contributed by atoms with van der Waals surface area (Å²) in [5, 5.41) is 2.39. The van der Waals surface area contributed by atoms with Gasteiger partial charge in [0.2, 0.25) is 0 Å². The van der Waals surface area contributed by atoms with Crippen molar-refractivity contribution in [3.8, 4) is 11.5 Å². The first-order valence-corrected chi connectivity index (χ1v) is 17.7. The number of hydrogen-bond acceptors (Lipinski definition) is 6. The standard InChI is InChI=1S/C44H39N3O4/c1-2-45-43-21-19-35(46(31-11-5-3-6-12-31)33-15-9-17-37(23-33)48-27-39-29-50-39)25-41(43)42-26-36(20-22-44(42)45)47(32-13-7-4-8-14-32)34-16-10-18-38(24-34)49-28-40-30-51-40/h3-26,39-40H,2,27-30H2,1H3. The Balaban J connectivity index is 1.16. The third kappa shape index (κ3) is 6.50. The van der Waals surface area contributed by atoms with Crippen molar-refractivity contribution in [3.05, 3.63) is 146 Å². The van der Waals surface area contributed by atoms with E-state index in [1.807, 2.05) is 12.1 Å². The molecular formula is C44H39N3O4. The van der Waals surface area contributed by atoms with E-state index in [1.165, 1.54) is 21.8 Å². The van der Waals surface area contributed by atoms with Crippen molar-refractivity contribution < 1.29 is 18.9 Å². The lowest BCUT2D eigenvalue weighted by Gasteiger charge is -2.26. The van der Waals surface area contributed by atoms with Gasteiger partial charge in [0.05, 0.1) is 13.2 Å². The Bertz CT molecular complexity index is 2140. The molecule has 254 valence electrons. The Morgan fingerprint density at radius 1 is 0.510 bits per heavy atom. The van der Waals surface area contributed by atoms with E-state index >= 15 is 0 Å². The first kappa shape index (κ1) is 31.2. The molecule has 0 bridgehead atoms. The summed E-state index contributed by atoms with van der Waals surface area (Å²) in [6.07, 6.45) is 0.388. The van der Waals surface area contributed by atoms with Gasteiger partial charge in [0, 0.05) is 74.6 Å². The van der Waals surface area contributed by atoms with Crippen LogP contribution in [0.2, 0.25) is 0 Å². The maximum atomic E-state index is 6.11. The highest BCUT2D eigenvalue weighted by Gasteiger charge is 2.25. The summed E-state index contributed by atoms with van der Waals surface area (Å²) in [7, 11) is 0. The maximum absolute atomic E-state index is 6.11. The molecule has 2 unspecified atom stereocenters. The van der Waals surface area contributed by atoms with Crippen LogP contribution in [0.4, 0.5) is 34.1 Å². The molecule has 0 radical (unpaired) electrons. The molecular weight excluding hydrogens is 635 g/mol. The fraction of sp³-hybridized carbons (Fsp3) is 0.182. The van der Waals surface area contributed by atoms with Gasteiger partial charge in [-0.2, -0.15) is 0 Å². The summed E-state index contributed by atoms with van der Waals surface area (Å²) < 4.78 is 25.4. The minimum Gasteiger partial charge on any atom is -0.491 e. The Morgan fingerprint density at radius 2 is 0.922 bits per heavy atom. The number of fused-ring (bicyclic) bond motifs is 3. The van der Waals surface area contributed by atoms with Crippen LogP contribution >= 0.6 is 0 Å². The predicted molar refractivity (Wildman–Crippen MR) is 205 cm³/mol. The third-order valence-corrected chi connectivity index (χ3v) is 9.52. The van der Waals surface area contributed by atoms with E-state index in [2.05, 4.69) is 155 Å². The van der Waals surface area contributed by atoms with Crippen molar-refractivity contribution >= 4 is 55.9 Å². The van der Waals surface area contributed by atoms with Crippen LogP contribution in [-0.4, -0.2) is 43.2 Å². The van der Waals surface area contributed by atoms with E-state index in [-0.39, 0.29) is 12.2 Å². The molecule has 9 rings (SSSR count). The number of rotatable bonds is 13. The van der Waals surface area contributed by atoms with Crippen LogP contribution in [0.1, 0.15) is 6.92 Å². The first-order chi connectivity index (χ1) is 25.2. The zero-order valence-electron chi connectivity index (χ0n) is 28.5. The average molecular weight is 674 g/mol. The molecule has 6 aromatic carbocycles. The van der Waals surface area contributed by atoms with Gasteiger partial charge >= 0.3 is 0 Å². The molecule has 0 aliphatic carbocycles. The molecule has 2 aliphatic rings. The van der Waals surface area contributed by atoms with Gasteiger partial charge in [0.15, 0.2) is 0 Å². The van der Waals surface area contributed by atoms with Gasteiger partial charge in [-0.05, 0) is 91.9 Å². The number of epoxide rings is 2. The molecule has 7 heteroatoms. The third-order valence-electron chi connectivity index (χ3n) is 9.52. The summed E-state index contributed by atoms with van der Waals surface area (Å²) in [5.74, 6) is 1.65. The molecule has 2 atom stereocenters. The lowest BCUT2D eigenvalue weighted by molar-refractivity contribution is 0.263. The van der Waals surface area contributed by atoms with Crippen molar-refractivity contribution in [2.24, 2.45) is 0 Å².